The van der Waals surface area contributed by atoms with Crippen LogP contribution < -0.4 is 0 Å². The molecule has 18 heavy (non-hydrogen) atoms. The van der Waals surface area contributed by atoms with Crippen molar-refractivity contribution in [3.63, 3.8) is 0 Å². The smallest absolute Gasteiger partial charge is 0.258 e. The van der Waals surface area contributed by atoms with E-state index in [1.165, 1.54) is 17.6 Å². The standard InChI is InChI=1S/C13H8N2O2S/c16-15(17)10-6-7-12-11(8-10)13(14-18-12)9-4-2-1-3-5-9/h1-8H. The Hall–Kier alpha value is -2.27. The third-order valence-corrected chi connectivity index (χ3v) is 3.54. The lowest BCUT2D eigenvalue weighted by Crippen LogP contribution is -1.86. The molecule has 5 heteroatoms. The van der Waals surface area contributed by atoms with E-state index in [4.69, 9.17) is 0 Å². The van der Waals surface area contributed by atoms with Crippen LogP contribution in [0, 0.1) is 10.1 Å². The van der Waals surface area contributed by atoms with Crippen LogP contribution in [0.3, 0.4) is 0 Å². The van der Waals surface area contributed by atoms with Crippen molar-refractivity contribution in [2.24, 2.45) is 0 Å². The molecule has 0 radical (unpaired) electrons. The van der Waals surface area contributed by atoms with Crippen molar-refractivity contribution in [1.29, 1.82) is 0 Å². The van der Waals surface area contributed by atoms with Gasteiger partial charge in [-0.3, -0.25) is 10.1 Å². The highest BCUT2D eigenvalue weighted by molar-refractivity contribution is 7.13. The zero-order valence-corrected chi connectivity index (χ0v) is 10.1. The maximum Gasteiger partial charge on any atom is 0.270 e. The van der Waals surface area contributed by atoms with Crippen molar-refractivity contribution in [1.82, 2.24) is 4.37 Å². The summed E-state index contributed by atoms with van der Waals surface area (Å²) in [7, 11) is 0. The molecule has 0 fully saturated rings. The predicted molar refractivity (Wildman–Crippen MR) is 71.7 cm³/mol. The number of non-ortho nitro benzene ring substituents is 1. The zero-order chi connectivity index (χ0) is 12.5. The second-order valence-electron chi connectivity index (χ2n) is 3.83. The van der Waals surface area contributed by atoms with E-state index in [1.54, 1.807) is 12.1 Å². The van der Waals surface area contributed by atoms with E-state index in [1.807, 2.05) is 30.3 Å². The lowest BCUT2D eigenvalue weighted by Gasteiger charge is -1.97. The van der Waals surface area contributed by atoms with Crippen molar-refractivity contribution in [3.8, 4) is 11.3 Å². The monoisotopic (exact) mass is 256 g/mol. The van der Waals surface area contributed by atoms with Crippen LogP contribution in [-0.2, 0) is 0 Å². The molecule has 1 aromatic heterocycles. The Bertz CT molecular complexity index is 722. The molecule has 0 spiro atoms. The first-order chi connectivity index (χ1) is 8.75. The molecule has 0 saturated heterocycles. The molecule has 0 bridgehead atoms. The van der Waals surface area contributed by atoms with Gasteiger partial charge in [-0.05, 0) is 17.6 Å². The first-order valence-corrected chi connectivity index (χ1v) is 6.12. The maximum absolute atomic E-state index is 10.8. The molecule has 1 heterocycles. The fourth-order valence-electron chi connectivity index (χ4n) is 1.84. The van der Waals surface area contributed by atoms with Gasteiger partial charge in [0.1, 0.15) is 0 Å². The molecule has 88 valence electrons. The fourth-order valence-corrected chi connectivity index (χ4v) is 2.62. The fraction of sp³-hybridized carbons (Fsp3) is 0. The minimum atomic E-state index is -0.383. The van der Waals surface area contributed by atoms with Crippen LogP contribution in [-0.4, -0.2) is 9.30 Å². The van der Waals surface area contributed by atoms with Crippen molar-refractivity contribution in [3.05, 3.63) is 58.6 Å². The van der Waals surface area contributed by atoms with Crippen molar-refractivity contribution < 1.29 is 4.92 Å². The van der Waals surface area contributed by atoms with E-state index in [9.17, 15) is 10.1 Å². The van der Waals surface area contributed by atoms with Gasteiger partial charge in [0, 0.05) is 23.1 Å². The molecular weight excluding hydrogens is 248 g/mol. The summed E-state index contributed by atoms with van der Waals surface area (Å²) >= 11 is 1.36. The Morgan fingerprint density at radius 1 is 1.11 bits per heavy atom. The number of nitro benzene ring substituents is 1. The molecule has 2 aromatic carbocycles. The number of benzene rings is 2. The molecule has 0 N–H and O–H groups in total. The summed E-state index contributed by atoms with van der Waals surface area (Å²) in [5.41, 5.74) is 1.88. The van der Waals surface area contributed by atoms with Crippen molar-refractivity contribution in [2.45, 2.75) is 0 Å². The lowest BCUT2D eigenvalue weighted by atomic mass is 10.1. The van der Waals surface area contributed by atoms with Crippen molar-refractivity contribution in [2.75, 3.05) is 0 Å². The summed E-state index contributed by atoms with van der Waals surface area (Å²) in [6, 6.07) is 14.5. The average Bonchev–Trinajstić information content (AvgIpc) is 2.82. The second kappa shape index (κ2) is 4.19. The van der Waals surface area contributed by atoms with Gasteiger partial charge < -0.3 is 0 Å². The summed E-state index contributed by atoms with van der Waals surface area (Å²) in [6.45, 7) is 0. The number of aromatic nitrogens is 1. The zero-order valence-electron chi connectivity index (χ0n) is 9.24. The topological polar surface area (TPSA) is 56.0 Å². The molecule has 0 aliphatic rings. The molecule has 0 saturated carbocycles. The highest BCUT2D eigenvalue weighted by Gasteiger charge is 2.12. The number of nitrogens with zero attached hydrogens (tertiary/aromatic N) is 2. The quantitative estimate of drug-likeness (QED) is 0.516. The summed E-state index contributed by atoms with van der Waals surface area (Å²) in [4.78, 5) is 10.4. The Kier molecular flexibility index (Phi) is 2.53. The number of fused-ring (bicyclic) bond motifs is 1. The minimum Gasteiger partial charge on any atom is -0.258 e. The van der Waals surface area contributed by atoms with Crippen LogP contribution in [0.25, 0.3) is 21.3 Å². The highest BCUT2D eigenvalue weighted by atomic mass is 32.1. The van der Waals surface area contributed by atoms with Crippen LogP contribution in [0.4, 0.5) is 5.69 Å². The lowest BCUT2D eigenvalue weighted by molar-refractivity contribution is -0.384. The predicted octanol–water partition coefficient (Wildman–Crippen LogP) is 3.87. The first-order valence-electron chi connectivity index (χ1n) is 5.35. The van der Waals surface area contributed by atoms with Gasteiger partial charge in [0.25, 0.3) is 5.69 Å². The summed E-state index contributed by atoms with van der Waals surface area (Å²) < 4.78 is 5.34. The largest absolute Gasteiger partial charge is 0.270 e. The molecule has 3 aromatic rings. The van der Waals surface area contributed by atoms with Crippen LogP contribution in [0.5, 0.6) is 0 Å². The number of hydrogen-bond acceptors (Lipinski definition) is 4. The molecular formula is C13H8N2O2S. The summed E-state index contributed by atoms with van der Waals surface area (Å²) in [5.74, 6) is 0. The third-order valence-electron chi connectivity index (χ3n) is 2.71. The summed E-state index contributed by atoms with van der Waals surface area (Å²) in [5, 5.41) is 11.6. The molecule has 0 atom stereocenters. The summed E-state index contributed by atoms with van der Waals surface area (Å²) in [6.07, 6.45) is 0. The number of rotatable bonds is 2. The minimum absolute atomic E-state index is 0.0971. The Morgan fingerprint density at radius 2 is 1.89 bits per heavy atom. The van der Waals surface area contributed by atoms with Gasteiger partial charge in [0.2, 0.25) is 0 Å². The van der Waals surface area contributed by atoms with E-state index in [-0.39, 0.29) is 10.6 Å². The normalized spacial score (nSPS) is 10.7. The number of nitro groups is 1. The molecule has 0 aliphatic carbocycles. The van der Waals surface area contributed by atoms with Gasteiger partial charge in [0.05, 0.1) is 15.3 Å². The Balaban J connectivity index is 2.24. The Labute approximate surface area is 107 Å². The molecule has 4 nitrogen and oxygen atoms in total. The van der Waals surface area contributed by atoms with Crippen LogP contribution in [0.1, 0.15) is 0 Å². The highest BCUT2D eigenvalue weighted by Crippen LogP contribution is 2.32. The van der Waals surface area contributed by atoms with Crippen molar-refractivity contribution >= 4 is 27.3 Å². The third kappa shape index (κ3) is 1.74. The van der Waals surface area contributed by atoms with Crippen LogP contribution in [0.2, 0.25) is 0 Å². The first kappa shape index (κ1) is 10.9. The SMILES string of the molecule is O=[N+]([O-])c1ccc2snc(-c3ccccc3)c2c1. The van der Waals surface area contributed by atoms with Gasteiger partial charge in [-0.1, -0.05) is 30.3 Å². The molecule has 0 aliphatic heterocycles. The van der Waals surface area contributed by atoms with E-state index in [2.05, 4.69) is 4.37 Å². The van der Waals surface area contributed by atoms with Gasteiger partial charge in [-0.2, -0.15) is 4.37 Å². The molecule has 0 amide bonds. The van der Waals surface area contributed by atoms with E-state index in [0.717, 1.165) is 21.3 Å². The maximum atomic E-state index is 10.8. The van der Waals surface area contributed by atoms with Crippen LogP contribution >= 0.6 is 11.5 Å². The van der Waals surface area contributed by atoms with E-state index < -0.39 is 0 Å². The molecule has 3 rings (SSSR count). The van der Waals surface area contributed by atoms with E-state index in [0.29, 0.717) is 0 Å². The van der Waals surface area contributed by atoms with Gasteiger partial charge in [0.15, 0.2) is 0 Å². The molecule has 0 unspecified atom stereocenters. The van der Waals surface area contributed by atoms with Crippen LogP contribution in [0.15, 0.2) is 48.5 Å². The van der Waals surface area contributed by atoms with Gasteiger partial charge in [-0.25, -0.2) is 0 Å². The Morgan fingerprint density at radius 3 is 2.61 bits per heavy atom. The van der Waals surface area contributed by atoms with Gasteiger partial charge >= 0.3 is 0 Å². The second-order valence-corrected chi connectivity index (χ2v) is 4.64. The average molecular weight is 256 g/mol. The van der Waals surface area contributed by atoms with Gasteiger partial charge in [-0.15, -0.1) is 0 Å². The van der Waals surface area contributed by atoms with E-state index >= 15 is 0 Å². The number of hydrogen-bond donors (Lipinski definition) is 0.